The second-order valence-electron chi connectivity index (χ2n) is 5.01. The maximum atomic E-state index is 13.3. The average molecular weight is 331 g/mol. The van der Waals surface area contributed by atoms with Crippen LogP contribution in [0.3, 0.4) is 0 Å². The van der Waals surface area contributed by atoms with Crippen molar-refractivity contribution in [3.05, 3.63) is 24.3 Å². The van der Waals surface area contributed by atoms with Crippen LogP contribution in [-0.2, 0) is 9.53 Å². The summed E-state index contributed by atoms with van der Waals surface area (Å²) in [5.41, 5.74) is -1.61. The van der Waals surface area contributed by atoms with E-state index in [4.69, 9.17) is 4.74 Å². The molecule has 1 aromatic rings. The van der Waals surface area contributed by atoms with E-state index in [-0.39, 0.29) is 18.6 Å². The highest BCUT2D eigenvalue weighted by molar-refractivity contribution is 5.94. The fraction of sp³-hybridized carbons (Fsp3) is 0.500. The van der Waals surface area contributed by atoms with Crippen molar-refractivity contribution in [2.75, 3.05) is 34.2 Å². The molecule has 0 saturated carbocycles. The lowest BCUT2D eigenvalue weighted by Crippen LogP contribution is -2.38. The molecule has 1 rings (SSSR count). The molecule has 0 aliphatic carbocycles. The summed E-state index contributed by atoms with van der Waals surface area (Å²) < 4.78 is 49.4. The van der Waals surface area contributed by atoms with Crippen molar-refractivity contribution in [3.63, 3.8) is 0 Å². The highest BCUT2D eigenvalue weighted by Gasteiger charge is 2.37. The number of nitrogens with zero attached hydrogens (tertiary/aromatic N) is 1. The molecule has 0 radical (unpaired) electrons. The van der Waals surface area contributed by atoms with Gasteiger partial charge in [0.1, 0.15) is 25.8 Å². The number of hydrogen-bond acceptors (Lipinski definition) is 4. The first-order valence-corrected chi connectivity index (χ1v) is 7.02. The number of rotatable bonds is 9. The Kier molecular flexibility index (Phi) is 7.57. The largest absolute Gasteiger partial charge is 0.497 e. The molecular weight excluding hydrogens is 311 g/mol. The van der Waals surface area contributed by atoms with Gasteiger partial charge >= 0.3 is 5.97 Å². The van der Waals surface area contributed by atoms with E-state index in [0.29, 0.717) is 11.4 Å². The van der Waals surface area contributed by atoms with E-state index in [1.54, 1.807) is 24.3 Å². The Balaban J connectivity index is 3.14. The second kappa shape index (κ2) is 9.17. The number of methoxy groups -OCH3 is 2. The van der Waals surface area contributed by atoms with Crippen molar-refractivity contribution in [1.82, 2.24) is 0 Å². The molecule has 0 atom stereocenters. The summed E-state index contributed by atoms with van der Waals surface area (Å²) in [6, 6.07) is 6.41. The summed E-state index contributed by atoms with van der Waals surface area (Å²) >= 11 is 0. The number of carbonyl (C=O) groups is 1. The topological polar surface area (TPSA) is 47.9 Å². The van der Waals surface area contributed by atoms with Crippen molar-refractivity contribution >= 4 is 17.4 Å². The molecule has 7 heteroatoms. The summed E-state index contributed by atoms with van der Waals surface area (Å²) in [7, 11) is 2.70. The van der Waals surface area contributed by atoms with Gasteiger partial charge in [-0.25, -0.2) is 13.2 Å². The molecule has 0 aliphatic rings. The maximum Gasteiger partial charge on any atom is 0.305 e. The van der Waals surface area contributed by atoms with Crippen LogP contribution in [0.15, 0.2) is 29.3 Å². The van der Waals surface area contributed by atoms with Crippen LogP contribution >= 0.6 is 0 Å². The van der Waals surface area contributed by atoms with Crippen molar-refractivity contribution < 1.29 is 27.4 Å². The molecule has 0 fully saturated rings. The molecule has 0 amide bonds. The molecule has 4 nitrogen and oxygen atoms in total. The Morgan fingerprint density at radius 2 is 1.61 bits per heavy atom. The number of alkyl halides is 3. The Labute approximate surface area is 133 Å². The van der Waals surface area contributed by atoms with Crippen LogP contribution in [0, 0.1) is 5.41 Å². The first-order valence-electron chi connectivity index (χ1n) is 7.02. The van der Waals surface area contributed by atoms with Crippen LogP contribution in [0.2, 0.25) is 0 Å². The molecule has 0 N–H and O–H groups in total. The number of halogens is 3. The van der Waals surface area contributed by atoms with Gasteiger partial charge in [-0.2, -0.15) is 0 Å². The zero-order chi connectivity index (χ0) is 17.3. The first kappa shape index (κ1) is 19.0. The Hall–Kier alpha value is -2.05. The molecule has 0 unspecified atom stereocenters. The van der Waals surface area contributed by atoms with Gasteiger partial charge in [-0.3, -0.25) is 9.79 Å². The summed E-state index contributed by atoms with van der Waals surface area (Å²) in [6.45, 7) is -3.72. The number of carbonyl (C=O) groups excluding carboxylic acids is 1. The lowest BCUT2D eigenvalue weighted by molar-refractivity contribution is -0.140. The van der Waals surface area contributed by atoms with Crippen LogP contribution in [0.4, 0.5) is 18.9 Å². The lowest BCUT2D eigenvalue weighted by Gasteiger charge is -2.26. The number of esters is 1. The summed E-state index contributed by atoms with van der Waals surface area (Å²) in [5.74, 6) is 0.0331. The van der Waals surface area contributed by atoms with Crippen LogP contribution in [0.5, 0.6) is 5.75 Å². The van der Waals surface area contributed by atoms with Gasteiger partial charge in [0.25, 0.3) is 0 Å². The van der Waals surface area contributed by atoms with Crippen molar-refractivity contribution in [2.24, 2.45) is 10.4 Å². The zero-order valence-electron chi connectivity index (χ0n) is 13.2. The molecule has 0 bridgehead atoms. The average Bonchev–Trinajstić information content (AvgIpc) is 2.61. The molecule has 0 aromatic heterocycles. The zero-order valence-corrected chi connectivity index (χ0v) is 13.2. The summed E-state index contributed by atoms with van der Waals surface area (Å²) in [4.78, 5) is 15.4. The SMILES string of the molecule is COC(=O)CCC(=Nc1ccc(OC)cc1)C(CF)(CF)CF. The summed E-state index contributed by atoms with van der Waals surface area (Å²) in [5, 5.41) is 0. The van der Waals surface area contributed by atoms with E-state index >= 15 is 0 Å². The van der Waals surface area contributed by atoms with E-state index in [1.165, 1.54) is 14.2 Å². The van der Waals surface area contributed by atoms with E-state index in [9.17, 15) is 18.0 Å². The number of aliphatic imine (C=N–C) groups is 1. The molecule has 0 saturated heterocycles. The highest BCUT2D eigenvalue weighted by Crippen LogP contribution is 2.29. The minimum atomic E-state index is -1.96. The molecule has 0 heterocycles. The van der Waals surface area contributed by atoms with E-state index in [0.717, 1.165) is 0 Å². The molecule has 23 heavy (non-hydrogen) atoms. The maximum absolute atomic E-state index is 13.3. The standard InChI is InChI=1S/C16H20F3NO3/c1-22-13-5-3-12(4-6-13)20-14(7-8-15(21)23-2)16(9-17,10-18)11-19/h3-6H,7-11H2,1-2H3. The molecular formula is C16H20F3NO3. The minimum absolute atomic E-state index is 0.0411. The fourth-order valence-corrected chi connectivity index (χ4v) is 1.91. The van der Waals surface area contributed by atoms with Crippen LogP contribution in [0.25, 0.3) is 0 Å². The van der Waals surface area contributed by atoms with Gasteiger partial charge in [0.2, 0.25) is 0 Å². The highest BCUT2D eigenvalue weighted by atomic mass is 19.1. The molecule has 128 valence electrons. The number of ether oxygens (including phenoxy) is 2. The van der Waals surface area contributed by atoms with Crippen LogP contribution in [0.1, 0.15) is 12.8 Å². The minimum Gasteiger partial charge on any atom is -0.497 e. The lowest BCUT2D eigenvalue weighted by atomic mass is 9.84. The van der Waals surface area contributed by atoms with Crippen molar-refractivity contribution in [2.45, 2.75) is 12.8 Å². The van der Waals surface area contributed by atoms with Crippen LogP contribution in [-0.4, -0.2) is 45.9 Å². The monoisotopic (exact) mass is 331 g/mol. The van der Waals surface area contributed by atoms with E-state index < -0.39 is 31.4 Å². The predicted octanol–water partition coefficient (Wildman–Crippen LogP) is 3.62. The first-order chi connectivity index (χ1) is 11.0. The van der Waals surface area contributed by atoms with Crippen molar-refractivity contribution in [1.29, 1.82) is 0 Å². The quantitative estimate of drug-likeness (QED) is 0.513. The molecule has 0 aliphatic heterocycles. The van der Waals surface area contributed by atoms with Gasteiger partial charge in [0.15, 0.2) is 0 Å². The number of benzene rings is 1. The van der Waals surface area contributed by atoms with E-state index in [2.05, 4.69) is 9.73 Å². The Morgan fingerprint density at radius 1 is 1.04 bits per heavy atom. The Morgan fingerprint density at radius 3 is 2.04 bits per heavy atom. The van der Waals surface area contributed by atoms with E-state index in [1.807, 2.05) is 0 Å². The third-order valence-corrected chi connectivity index (χ3v) is 3.51. The smallest absolute Gasteiger partial charge is 0.305 e. The molecule has 0 spiro atoms. The summed E-state index contributed by atoms with van der Waals surface area (Å²) in [6.07, 6.45) is -0.219. The third-order valence-electron chi connectivity index (χ3n) is 3.51. The van der Waals surface area contributed by atoms with Gasteiger partial charge < -0.3 is 9.47 Å². The third kappa shape index (κ3) is 4.97. The van der Waals surface area contributed by atoms with Gasteiger partial charge in [0, 0.05) is 5.71 Å². The second-order valence-corrected chi connectivity index (χ2v) is 5.01. The Bertz CT molecular complexity index is 520. The van der Waals surface area contributed by atoms with Crippen LogP contribution < -0.4 is 4.74 Å². The van der Waals surface area contributed by atoms with Gasteiger partial charge in [-0.05, 0) is 30.7 Å². The normalized spacial score (nSPS) is 12.1. The van der Waals surface area contributed by atoms with Gasteiger partial charge in [-0.1, -0.05) is 0 Å². The van der Waals surface area contributed by atoms with Gasteiger partial charge in [-0.15, -0.1) is 0 Å². The predicted molar refractivity (Wildman–Crippen MR) is 81.7 cm³/mol. The molecule has 1 aromatic carbocycles. The van der Waals surface area contributed by atoms with Crippen molar-refractivity contribution in [3.8, 4) is 5.75 Å². The fourth-order valence-electron chi connectivity index (χ4n) is 1.91. The number of hydrogen-bond donors (Lipinski definition) is 0. The van der Waals surface area contributed by atoms with Gasteiger partial charge in [0.05, 0.1) is 31.7 Å².